The highest BCUT2D eigenvalue weighted by atomic mass is 35.5. The first-order valence-electron chi connectivity index (χ1n) is 6.58. The fourth-order valence-corrected chi connectivity index (χ4v) is 3.40. The fourth-order valence-electron chi connectivity index (χ4n) is 2.62. The van der Waals surface area contributed by atoms with Crippen LogP contribution in [-0.4, -0.2) is 33.6 Å². The van der Waals surface area contributed by atoms with E-state index in [1.807, 2.05) is 23.1 Å². The highest BCUT2D eigenvalue weighted by Crippen LogP contribution is 2.25. The second-order valence-electron chi connectivity index (χ2n) is 4.84. The molecule has 1 aromatic heterocycles. The largest absolute Gasteiger partial charge is 0.333 e. The van der Waals surface area contributed by atoms with Gasteiger partial charge < -0.3 is 4.90 Å². The van der Waals surface area contributed by atoms with Crippen molar-refractivity contribution >= 4 is 28.8 Å². The van der Waals surface area contributed by atoms with Crippen LogP contribution in [0.25, 0.3) is 0 Å². The van der Waals surface area contributed by atoms with Crippen LogP contribution < -0.4 is 0 Å². The number of aromatic nitrogens is 2. The summed E-state index contributed by atoms with van der Waals surface area (Å²) in [6, 6.07) is 10.5. The number of carbonyl (C=O) groups excluding carboxylic acids is 1. The molecule has 1 aliphatic rings. The van der Waals surface area contributed by atoms with E-state index in [1.54, 1.807) is 0 Å². The molecule has 0 aliphatic carbocycles. The minimum absolute atomic E-state index is 0.0483. The number of halogens is 1. The number of hydrogen-bond donors (Lipinski definition) is 0. The second kappa shape index (κ2) is 5.89. The molecule has 1 atom stereocenters. The molecule has 0 radical (unpaired) electrons. The highest BCUT2D eigenvalue weighted by molar-refractivity contribution is 7.17. The lowest BCUT2D eigenvalue weighted by atomic mass is 10.0. The predicted molar refractivity (Wildman–Crippen MR) is 79.1 cm³/mol. The SMILES string of the molecule is O=C(c1nnc(Cl)s1)N1CCCC1Cc1ccccc1. The van der Waals surface area contributed by atoms with Crippen molar-refractivity contribution in [2.45, 2.75) is 25.3 Å². The number of hydrogen-bond acceptors (Lipinski definition) is 4. The molecule has 1 aliphatic heterocycles. The Morgan fingerprint density at radius 2 is 2.15 bits per heavy atom. The van der Waals surface area contributed by atoms with Crippen LogP contribution in [0.4, 0.5) is 0 Å². The minimum Gasteiger partial charge on any atom is -0.333 e. The molecular weight excluding hydrogens is 294 g/mol. The van der Waals surface area contributed by atoms with Gasteiger partial charge in [0.15, 0.2) is 0 Å². The first-order valence-corrected chi connectivity index (χ1v) is 7.77. The van der Waals surface area contributed by atoms with Gasteiger partial charge in [-0.15, -0.1) is 10.2 Å². The van der Waals surface area contributed by atoms with Crippen LogP contribution in [0.5, 0.6) is 0 Å². The zero-order valence-electron chi connectivity index (χ0n) is 10.8. The average molecular weight is 308 g/mol. The van der Waals surface area contributed by atoms with Crippen LogP contribution >= 0.6 is 22.9 Å². The van der Waals surface area contributed by atoms with Crippen molar-refractivity contribution in [2.24, 2.45) is 0 Å². The van der Waals surface area contributed by atoms with Crippen LogP contribution in [-0.2, 0) is 6.42 Å². The van der Waals surface area contributed by atoms with Crippen molar-refractivity contribution in [3.63, 3.8) is 0 Å². The molecule has 2 aromatic rings. The van der Waals surface area contributed by atoms with Gasteiger partial charge in [-0.1, -0.05) is 41.7 Å². The third kappa shape index (κ3) is 2.83. The van der Waals surface area contributed by atoms with E-state index in [1.165, 1.54) is 5.56 Å². The Kier molecular flexibility index (Phi) is 3.98. The second-order valence-corrected chi connectivity index (χ2v) is 6.40. The van der Waals surface area contributed by atoms with Crippen LogP contribution in [0.15, 0.2) is 30.3 Å². The van der Waals surface area contributed by atoms with E-state index >= 15 is 0 Å². The standard InChI is InChI=1S/C14H14ClN3OS/c15-14-17-16-12(20-14)13(19)18-8-4-7-11(18)9-10-5-2-1-3-6-10/h1-3,5-6,11H,4,7-9H2. The summed E-state index contributed by atoms with van der Waals surface area (Å²) in [4.78, 5) is 14.3. The van der Waals surface area contributed by atoms with Crippen LogP contribution in [0.2, 0.25) is 4.47 Å². The number of rotatable bonds is 3. The summed E-state index contributed by atoms with van der Waals surface area (Å²) in [7, 11) is 0. The Hall–Kier alpha value is -1.46. The summed E-state index contributed by atoms with van der Waals surface area (Å²) in [5.74, 6) is -0.0483. The third-order valence-corrected chi connectivity index (χ3v) is 4.54. The maximum Gasteiger partial charge on any atom is 0.285 e. The van der Waals surface area contributed by atoms with E-state index in [-0.39, 0.29) is 11.9 Å². The molecule has 1 fully saturated rings. The van der Waals surface area contributed by atoms with Gasteiger partial charge in [0, 0.05) is 12.6 Å². The number of nitrogens with zero attached hydrogens (tertiary/aromatic N) is 3. The Bertz CT molecular complexity index is 601. The Morgan fingerprint density at radius 3 is 2.85 bits per heavy atom. The van der Waals surface area contributed by atoms with Crippen molar-refractivity contribution in [3.8, 4) is 0 Å². The third-order valence-electron chi connectivity index (χ3n) is 3.54. The van der Waals surface area contributed by atoms with Gasteiger partial charge in [-0.25, -0.2) is 0 Å². The predicted octanol–water partition coefficient (Wildman–Crippen LogP) is 3.04. The van der Waals surface area contributed by atoms with Gasteiger partial charge in [-0.05, 0) is 36.4 Å². The lowest BCUT2D eigenvalue weighted by molar-refractivity contribution is 0.0735. The van der Waals surface area contributed by atoms with Crippen molar-refractivity contribution in [1.29, 1.82) is 0 Å². The van der Waals surface area contributed by atoms with Crippen LogP contribution in [0.1, 0.15) is 28.2 Å². The molecule has 6 heteroatoms. The van der Waals surface area contributed by atoms with E-state index in [4.69, 9.17) is 11.6 Å². The van der Waals surface area contributed by atoms with Gasteiger partial charge in [0.1, 0.15) is 0 Å². The normalized spacial score (nSPS) is 18.4. The molecule has 2 heterocycles. The minimum atomic E-state index is -0.0483. The molecule has 3 rings (SSSR count). The van der Waals surface area contributed by atoms with Crippen LogP contribution in [0, 0.1) is 0 Å². The number of amides is 1. The summed E-state index contributed by atoms with van der Waals surface area (Å²) < 4.78 is 0.312. The molecule has 0 spiro atoms. The monoisotopic (exact) mass is 307 g/mol. The maximum absolute atomic E-state index is 12.4. The molecular formula is C14H14ClN3OS. The van der Waals surface area contributed by atoms with Crippen molar-refractivity contribution in [1.82, 2.24) is 15.1 Å². The van der Waals surface area contributed by atoms with Gasteiger partial charge in [-0.2, -0.15) is 0 Å². The van der Waals surface area contributed by atoms with E-state index in [0.29, 0.717) is 9.47 Å². The number of carbonyl (C=O) groups is 1. The summed E-state index contributed by atoms with van der Waals surface area (Å²) in [6.45, 7) is 0.785. The zero-order valence-corrected chi connectivity index (χ0v) is 12.4. The van der Waals surface area contributed by atoms with Gasteiger partial charge >= 0.3 is 0 Å². The molecule has 104 valence electrons. The molecule has 1 unspecified atom stereocenters. The molecule has 0 saturated carbocycles. The number of likely N-dealkylation sites (tertiary alicyclic amines) is 1. The zero-order chi connectivity index (χ0) is 13.9. The average Bonchev–Trinajstić information content (AvgIpc) is 3.08. The van der Waals surface area contributed by atoms with Crippen molar-refractivity contribution in [2.75, 3.05) is 6.54 Å². The Balaban J connectivity index is 1.74. The Morgan fingerprint density at radius 1 is 1.35 bits per heavy atom. The number of benzene rings is 1. The smallest absolute Gasteiger partial charge is 0.285 e. The van der Waals surface area contributed by atoms with E-state index in [2.05, 4.69) is 22.3 Å². The molecule has 0 N–H and O–H groups in total. The summed E-state index contributed by atoms with van der Waals surface area (Å²) in [5, 5.41) is 7.94. The quantitative estimate of drug-likeness (QED) is 0.875. The molecule has 0 bridgehead atoms. The van der Waals surface area contributed by atoms with E-state index < -0.39 is 0 Å². The van der Waals surface area contributed by atoms with Gasteiger partial charge in [-0.3, -0.25) is 4.79 Å². The summed E-state index contributed by atoms with van der Waals surface area (Å²) in [6.07, 6.45) is 2.96. The first kappa shape index (κ1) is 13.5. The highest BCUT2D eigenvalue weighted by Gasteiger charge is 2.31. The molecule has 20 heavy (non-hydrogen) atoms. The molecule has 1 saturated heterocycles. The molecule has 4 nitrogen and oxygen atoms in total. The van der Waals surface area contributed by atoms with Gasteiger partial charge in [0.2, 0.25) is 9.47 Å². The van der Waals surface area contributed by atoms with E-state index in [0.717, 1.165) is 37.1 Å². The maximum atomic E-state index is 12.4. The van der Waals surface area contributed by atoms with Crippen molar-refractivity contribution in [3.05, 3.63) is 45.4 Å². The van der Waals surface area contributed by atoms with Crippen molar-refractivity contribution < 1.29 is 4.79 Å². The van der Waals surface area contributed by atoms with Crippen LogP contribution in [0.3, 0.4) is 0 Å². The fraction of sp³-hybridized carbons (Fsp3) is 0.357. The summed E-state index contributed by atoms with van der Waals surface area (Å²) >= 11 is 6.89. The topological polar surface area (TPSA) is 46.1 Å². The lowest BCUT2D eigenvalue weighted by Crippen LogP contribution is -2.36. The lowest BCUT2D eigenvalue weighted by Gasteiger charge is -2.23. The summed E-state index contributed by atoms with van der Waals surface area (Å²) in [5.41, 5.74) is 1.26. The first-order chi connectivity index (χ1) is 9.74. The van der Waals surface area contributed by atoms with Gasteiger partial charge in [0.25, 0.3) is 5.91 Å². The Labute approximate surface area is 126 Å². The molecule has 1 amide bonds. The van der Waals surface area contributed by atoms with E-state index in [9.17, 15) is 4.79 Å². The molecule has 1 aromatic carbocycles. The van der Waals surface area contributed by atoms with Gasteiger partial charge in [0.05, 0.1) is 0 Å².